The van der Waals surface area contributed by atoms with Crippen LogP contribution in [0, 0.1) is 46.3 Å². The maximum atomic E-state index is 4.52. The van der Waals surface area contributed by atoms with Crippen molar-refractivity contribution in [3.63, 3.8) is 0 Å². The van der Waals surface area contributed by atoms with E-state index in [1.807, 2.05) is 28.6 Å². The molecule has 1 heterocycles. The Balaban J connectivity index is 1.24. The second kappa shape index (κ2) is 10.8. The van der Waals surface area contributed by atoms with E-state index in [0.29, 0.717) is 10.8 Å². The maximum Gasteiger partial charge on any atom is 0.106 e. The van der Waals surface area contributed by atoms with E-state index in [1.54, 1.807) is 0 Å². The van der Waals surface area contributed by atoms with Gasteiger partial charge in [0.15, 0.2) is 0 Å². The van der Waals surface area contributed by atoms with Crippen LogP contribution in [0.4, 0.5) is 0 Å². The van der Waals surface area contributed by atoms with Gasteiger partial charge in [-0.3, -0.25) is 0 Å². The minimum atomic E-state index is 0.470. The molecule has 1 nitrogen and oxygen atoms in total. The van der Waals surface area contributed by atoms with Gasteiger partial charge in [0, 0.05) is 11.4 Å². The van der Waals surface area contributed by atoms with Crippen molar-refractivity contribution in [1.29, 1.82) is 0 Å². The summed E-state index contributed by atoms with van der Waals surface area (Å²) in [5.74, 6) is 5.59. The highest BCUT2D eigenvalue weighted by Crippen LogP contribution is 2.67. The van der Waals surface area contributed by atoms with Gasteiger partial charge in [-0.25, -0.2) is 4.98 Å². The van der Waals surface area contributed by atoms with Crippen LogP contribution in [0.1, 0.15) is 105 Å². The fourth-order valence-corrected chi connectivity index (χ4v) is 11.7. The van der Waals surface area contributed by atoms with Gasteiger partial charge in [-0.05, 0) is 121 Å². The van der Waals surface area contributed by atoms with Crippen molar-refractivity contribution < 1.29 is 0 Å². The fraction of sp³-hybridized carbons (Fsp3) is 0.781. The van der Waals surface area contributed by atoms with Gasteiger partial charge in [0.1, 0.15) is 5.03 Å². The van der Waals surface area contributed by atoms with E-state index in [0.717, 1.165) is 45.8 Å². The molecule has 0 spiro atoms. The summed E-state index contributed by atoms with van der Waals surface area (Å²) in [6.45, 7) is 12.8. The second-order valence-corrected chi connectivity index (χ2v) is 16.0. The van der Waals surface area contributed by atoms with Crippen LogP contribution in [0.25, 0.3) is 0 Å². The zero-order chi connectivity index (χ0) is 24.6. The molecule has 4 aliphatic carbocycles. The summed E-state index contributed by atoms with van der Waals surface area (Å²) in [5.41, 5.74) is 2.90. The zero-order valence-corrected chi connectivity index (χ0v) is 24.6. The van der Waals surface area contributed by atoms with Crippen molar-refractivity contribution in [2.45, 2.75) is 116 Å². The summed E-state index contributed by atoms with van der Waals surface area (Å²) in [7, 11) is 3.96. The molecule has 35 heavy (non-hydrogen) atoms. The van der Waals surface area contributed by atoms with Crippen molar-refractivity contribution in [2.75, 3.05) is 0 Å². The highest BCUT2D eigenvalue weighted by molar-refractivity contribution is 8.76. The highest BCUT2D eigenvalue weighted by atomic mass is 33.1. The average Bonchev–Trinajstić information content (AvgIpc) is 3.20. The molecule has 3 heteroatoms. The van der Waals surface area contributed by atoms with Gasteiger partial charge in [0.25, 0.3) is 0 Å². The van der Waals surface area contributed by atoms with Gasteiger partial charge >= 0.3 is 0 Å². The number of hydrogen-bond acceptors (Lipinski definition) is 3. The predicted octanol–water partition coefficient (Wildman–Crippen LogP) is 10.2. The van der Waals surface area contributed by atoms with E-state index in [4.69, 9.17) is 0 Å². The lowest BCUT2D eigenvalue weighted by molar-refractivity contribution is -0.0497. The molecule has 3 fully saturated rings. The number of fused-ring (bicyclic) bond motifs is 5. The summed E-state index contributed by atoms with van der Waals surface area (Å²) in [6.07, 6.45) is 20.4. The molecular formula is C32H49NS2. The van der Waals surface area contributed by atoms with Gasteiger partial charge in [-0.1, -0.05) is 82.4 Å². The normalized spacial score (nSPS) is 39.5. The van der Waals surface area contributed by atoms with Crippen LogP contribution in [0.2, 0.25) is 0 Å². The fourth-order valence-electron chi connectivity index (χ4n) is 9.25. The molecule has 1 aromatic heterocycles. The van der Waals surface area contributed by atoms with Gasteiger partial charge in [0.05, 0.1) is 0 Å². The predicted molar refractivity (Wildman–Crippen MR) is 155 cm³/mol. The van der Waals surface area contributed by atoms with Gasteiger partial charge in [-0.2, -0.15) is 0 Å². The third-order valence-electron chi connectivity index (χ3n) is 11.2. The van der Waals surface area contributed by atoms with Crippen molar-refractivity contribution in [2.24, 2.45) is 46.3 Å². The van der Waals surface area contributed by atoms with Crippen LogP contribution < -0.4 is 0 Å². The molecule has 5 rings (SSSR count). The summed E-state index contributed by atoms with van der Waals surface area (Å²) < 4.78 is 0. The van der Waals surface area contributed by atoms with E-state index in [1.165, 1.54) is 70.6 Å². The summed E-state index contributed by atoms with van der Waals surface area (Å²) >= 11 is 0. The standard InChI is InChI=1S/C32H49NS2/c1-22(2)9-8-10-23(3)27-14-15-28-26-13-12-24-21-25(34-35-30-11-6-7-20-33-30)16-18-31(24,4)29(26)17-19-32(27,28)5/h6-7,11-12,20,22-23,25-29H,8-10,13-19,21H2,1-5H3/t23?,25?,26?,27-,28?,29?,31+,32-/m1/s1. The SMILES string of the molecule is CC(C)CCCC(C)[C@H]1CCC2C3CC=C4CC(SSc5ccccn5)CC[C@]4(C)C3CC[C@@]21C. The Morgan fingerprint density at radius 1 is 1.00 bits per heavy atom. The summed E-state index contributed by atoms with van der Waals surface area (Å²) in [5, 5.41) is 1.90. The average molecular weight is 512 g/mol. The molecule has 8 atom stereocenters. The number of hydrogen-bond donors (Lipinski definition) is 0. The van der Waals surface area contributed by atoms with Crippen LogP contribution >= 0.6 is 21.6 Å². The Bertz CT molecular complexity index is 881. The van der Waals surface area contributed by atoms with E-state index >= 15 is 0 Å². The van der Waals surface area contributed by atoms with Gasteiger partial charge in [-0.15, -0.1) is 0 Å². The smallest absolute Gasteiger partial charge is 0.106 e. The molecule has 0 N–H and O–H groups in total. The number of aromatic nitrogens is 1. The maximum absolute atomic E-state index is 4.52. The number of allylic oxidation sites excluding steroid dienone is 2. The molecule has 0 aliphatic heterocycles. The first-order valence-electron chi connectivity index (χ1n) is 14.7. The lowest BCUT2D eigenvalue weighted by Gasteiger charge is -2.58. The molecule has 0 radical (unpaired) electrons. The van der Waals surface area contributed by atoms with Crippen LogP contribution in [-0.4, -0.2) is 10.2 Å². The molecule has 0 amide bonds. The third-order valence-corrected chi connectivity index (χ3v) is 14.0. The third kappa shape index (κ3) is 5.16. The largest absolute Gasteiger partial charge is 0.249 e. The van der Waals surface area contributed by atoms with Crippen molar-refractivity contribution in [1.82, 2.24) is 4.98 Å². The molecule has 0 aromatic carbocycles. The molecule has 1 aromatic rings. The Kier molecular flexibility index (Phi) is 8.05. The van der Waals surface area contributed by atoms with E-state index in [9.17, 15) is 0 Å². The number of rotatable bonds is 8. The van der Waals surface area contributed by atoms with Crippen LogP contribution in [0.15, 0.2) is 41.1 Å². The van der Waals surface area contributed by atoms with Crippen LogP contribution in [0.5, 0.6) is 0 Å². The highest BCUT2D eigenvalue weighted by Gasteiger charge is 2.59. The van der Waals surface area contributed by atoms with Crippen molar-refractivity contribution >= 4 is 21.6 Å². The molecule has 5 unspecified atom stereocenters. The summed E-state index contributed by atoms with van der Waals surface area (Å²) in [6, 6.07) is 6.27. The monoisotopic (exact) mass is 511 g/mol. The Morgan fingerprint density at radius 2 is 1.86 bits per heavy atom. The Hall–Kier alpha value is -0.410. The first-order chi connectivity index (χ1) is 16.8. The molecular weight excluding hydrogens is 462 g/mol. The first kappa shape index (κ1) is 26.2. The van der Waals surface area contributed by atoms with E-state index in [-0.39, 0.29) is 0 Å². The molecule has 194 valence electrons. The Labute approximate surface area is 223 Å². The second-order valence-electron chi connectivity index (χ2n) is 13.5. The zero-order valence-electron chi connectivity index (χ0n) is 23.0. The van der Waals surface area contributed by atoms with E-state index < -0.39 is 0 Å². The van der Waals surface area contributed by atoms with E-state index in [2.05, 4.69) is 68.6 Å². The van der Waals surface area contributed by atoms with Crippen molar-refractivity contribution in [3.8, 4) is 0 Å². The quantitative estimate of drug-likeness (QED) is 0.254. The van der Waals surface area contributed by atoms with Crippen molar-refractivity contribution in [3.05, 3.63) is 36.0 Å². The first-order valence-corrected chi connectivity index (χ1v) is 17.0. The molecule has 3 saturated carbocycles. The number of pyridine rings is 1. The summed E-state index contributed by atoms with van der Waals surface area (Å²) in [4.78, 5) is 4.52. The Morgan fingerprint density at radius 3 is 2.63 bits per heavy atom. The van der Waals surface area contributed by atoms with Gasteiger partial charge in [0.2, 0.25) is 0 Å². The molecule has 0 bridgehead atoms. The molecule has 0 saturated heterocycles. The number of nitrogens with zero attached hydrogens (tertiary/aromatic N) is 1. The van der Waals surface area contributed by atoms with Gasteiger partial charge < -0.3 is 0 Å². The minimum Gasteiger partial charge on any atom is -0.249 e. The van der Waals surface area contributed by atoms with Crippen LogP contribution in [-0.2, 0) is 0 Å². The topological polar surface area (TPSA) is 12.9 Å². The lowest BCUT2D eigenvalue weighted by Crippen LogP contribution is -2.50. The molecule has 4 aliphatic rings. The minimum absolute atomic E-state index is 0.470. The van der Waals surface area contributed by atoms with Crippen LogP contribution in [0.3, 0.4) is 0 Å². The lowest BCUT2D eigenvalue weighted by atomic mass is 9.47.